The Morgan fingerprint density at radius 2 is 2.05 bits per heavy atom. The van der Waals surface area contributed by atoms with Gasteiger partial charge in [0.05, 0.1) is 13.0 Å². The van der Waals surface area contributed by atoms with Crippen LogP contribution in [0.1, 0.15) is 22.8 Å². The Balaban J connectivity index is 2.14. The van der Waals surface area contributed by atoms with Crippen molar-refractivity contribution in [2.75, 3.05) is 20.2 Å². The Hall–Kier alpha value is -1.91. The highest BCUT2D eigenvalue weighted by Crippen LogP contribution is 2.25. The van der Waals surface area contributed by atoms with Gasteiger partial charge >= 0.3 is 5.97 Å². The first-order chi connectivity index (χ1) is 9.43. The predicted molar refractivity (Wildman–Crippen MR) is 71.7 cm³/mol. The van der Waals surface area contributed by atoms with E-state index in [-0.39, 0.29) is 29.5 Å². The van der Waals surface area contributed by atoms with Gasteiger partial charge in [0.15, 0.2) is 0 Å². The van der Waals surface area contributed by atoms with Crippen molar-refractivity contribution in [1.29, 1.82) is 0 Å². The molecule has 20 heavy (non-hydrogen) atoms. The molecule has 0 N–H and O–H groups in total. The van der Waals surface area contributed by atoms with E-state index in [0.29, 0.717) is 24.2 Å². The summed E-state index contributed by atoms with van der Waals surface area (Å²) in [6, 6.07) is 4.30. The van der Waals surface area contributed by atoms with E-state index in [0.717, 1.165) is 0 Å². The molecule has 1 amide bonds. The van der Waals surface area contributed by atoms with E-state index >= 15 is 0 Å². The lowest BCUT2D eigenvalue weighted by Crippen LogP contribution is -2.30. The molecule has 0 radical (unpaired) electrons. The van der Waals surface area contributed by atoms with Crippen molar-refractivity contribution in [3.8, 4) is 0 Å². The van der Waals surface area contributed by atoms with E-state index in [1.807, 2.05) is 6.92 Å². The lowest BCUT2D eigenvalue weighted by molar-refractivity contribution is -0.146. The molecule has 2 unspecified atom stereocenters. The zero-order valence-electron chi connectivity index (χ0n) is 11.9. The molecule has 1 saturated heterocycles. The molecule has 0 spiro atoms. The number of rotatable bonds is 2. The molecule has 1 aliphatic heterocycles. The summed E-state index contributed by atoms with van der Waals surface area (Å²) in [5.74, 6) is -1.02. The lowest BCUT2D eigenvalue weighted by atomic mass is 9.99. The van der Waals surface area contributed by atoms with E-state index in [1.165, 1.54) is 25.3 Å². The number of nitrogens with zero attached hydrogens (tertiary/aromatic N) is 1. The van der Waals surface area contributed by atoms with Gasteiger partial charge in [-0.2, -0.15) is 0 Å². The van der Waals surface area contributed by atoms with E-state index in [2.05, 4.69) is 0 Å². The maximum Gasteiger partial charge on any atom is 0.310 e. The molecule has 2 atom stereocenters. The maximum atomic E-state index is 13.2. The number of methoxy groups -OCH3 is 1. The van der Waals surface area contributed by atoms with Crippen LogP contribution >= 0.6 is 0 Å². The molecule has 5 heteroatoms. The lowest BCUT2D eigenvalue weighted by Gasteiger charge is -2.16. The molecule has 2 rings (SSSR count). The molecule has 0 aliphatic carbocycles. The first-order valence-electron chi connectivity index (χ1n) is 6.57. The summed E-state index contributed by atoms with van der Waals surface area (Å²) in [7, 11) is 1.35. The number of likely N-dealkylation sites (tertiary alicyclic amines) is 1. The minimum Gasteiger partial charge on any atom is -0.469 e. The van der Waals surface area contributed by atoms with Crippen LogP contribution in [0.4, 0.5) is 4.39 Å². The maximum absolute atomic E-state index is 13.2. The molecule has 0 saturated carbocycles. The first-order valence-corrected chi connectivity index (χ1v) is 6.57. The van der Waals surface area contributed by atoms with Gasteiger partial charge in [0.2, 0.25) is 0 Å². The second-order valence-corrected chi connectivity index (χ2v) is 5.28. The highest BCUT2D eigenvalue weighted by atomic mass is 19.1. The van der Waals surface area contributed by atoms with Crippen molar-refractivity contribution in [3.63, 3.8) is 0 Å². The molecule has 0 bridgehead atoms. The number of hydrogen-bond acceptors (Lipinski definition) is 3. The fourth-order valence-electron chi connectivity index (χ4n) is 2.55. The van der Waals surface area contributed by atoms with Crippen molar-refractivity contribution < 1.29 is 18.7 Å². The summed E-state index contributed by atoms with van der Waals surface area (Å²) < 4.78 is 18.0. The van der Waals surface area contributed by atoms with Crippen LogP contribution in [0.25, 0.3) is 0 Å². The number of amides is 1. The molecular weight excluding hydrogens is 261 g/mol. The van der Waals surface area contributed by atoms with Gasteiger partial charge < -0.3 is 9.64 Å². The van der Waals surface area contributed by atoms with Crippen LogP contribution in [0.3, 0.4) is 0 Å². The van der Waals surface area contributed by atoms with Crippen molar-refractivity contribution in [2.45, 2.75) is 13.8 Å². The van der Waals surface area contributed by atoms with Gasteiger partial charge in [-0.05, 0) is 36.6 Å². The third-order valence-corrected chi connectivity index (χ3v) is 3.81. The van der Waals surface area contributed by atoms with E-state index < -0.39 is 0 Å². The topological polar surface area (TPSA) is 46.6 Å². The van der Waals surface area contributed by atoms with Crippen LogP contribution < -0.4 is 0 Å². The molecule has 0 aromatic heterocycles. The second kappa shape index (κ2) is 5.61. The Bertz CT molecular complexity index is 544. The van der Waals surface area contributed by atoms with Crippen LogP contribution in [0, 0.1) is 24.6 Å². The van der Waals surface area contributed by atoms with Gasteiger partial charge in [0.1, 0.15) is 5.82 Å². The van der Waals surface area contributed by atoms with E-state index in [4.69, 9.17) is 4.74 Å². The van der Waals surface area contributed by atoms with Crippen molar-refractivity contribution in [3.05, 3.63) is 35.1 Å². The number of hydrogen-bond donors (Lipinski definition) is 0. The van der Waals surface area contributed by atoms with Gasteiger partial charge in [-0.1, -0.05) is 6.92 Å². The van der Waals surface area contributed by atoms with Crippen molar-refractivity contribution >= 4 is 11.9 Å². The molecule has 108 valence electrons. The number of carbonyl (C=O) groups is 2. The van der Waals surface area contributed by atoms with Gasteiger partial charge in [0, 0.05) is 18.7 Å². The van der Waals surface area contributed by atoms with Crippen LogP contribution in [-0.4, -0.2) is 37.0 Å². The fourth-order valence-corrected chi connectivity index (χ4v) is 2.55. The molecule has 1 fully saturated rings. The molecule has 4 nitrogen and oxygen atoms in total. The smallest absolute Gasteiger partial charge is 0.310 e. The van der Waals surface area contributed by atoms with Crippen LogP contribution in [0.2, 0.25) is 0 Å². The SMILES string of the molecule is COC(=O)C1CN(C(=O)c2ccc(F)c(C)c2)CC1C. The number of benzene rings is 1. The first kappa shape index (κ1) is 14.5. The quantitative estimate of drug-likeness (QED) is 0.778. The van der Waals surface area contributed by atoms with Gasteiger partial charge in [-0.15, -0.1) is 0 Å². The highest BCUT2D eigenvalue weighted by Gasteiger charge is 2.37. The predicted octanol–water partition coefficient (Wildman–Crippen LogP) is 2.02. The van der Waals surface area contributed by atoms with Crippen molar-refractivity contribution in [1.82, 2.24) is 4.90 Å². The molecule has 1 aromatic carbocycles. The average Bonchev–Trinajstić information content (AvgIpc) is 2.82. The summed E-state index contributed by atoms with van der Waals surface area (Å²) in [5.41, 5.74) is 0.884. The number of ether oxygens (including phenoxy) is 1. The summed E-state index contributed by atoms with van der Waals surface area (Å²) in [5, 5.41) is 0. The Morgan fingerprint density at radius 1 is 1.35 bits per heavy atom. The monoisotopic (exact) mass is 279 g/mol. The summed E-state index contributed by atoms with van der Waals surface area (Å²) in [6.45, 7) is 4.40. The molecular formula is C15H18FNO3. The fraction of sp³-hybridized carbons (Fsp3) is 0.467. The van der Waals surface area contributed by atoms with Gasteiger partial charge in [-0.25, -0.2) is 4.39 Å². The van der Waals surface area contributed by atoms with E-state index in [1.54, 1.807) is 11.8 Å². The number of aryl methyl sites for hydroxylation is 1. The molecule has 1 aliphatic rings. The largest absolute Gasteiger partial charge is 0.469 e. The highest BCUT2D eigenvalue weighted by molar-refractivity contribution is 5.95. The number of halogens is 1. The number of esters is 1. The standard InChI is InChI=1S/C15H18FNO3/c1-9-6-11(4-5-13(9)16)14(18)17-7-10(2)12(8-17)15(19)20-3/h4-6,10,12H,7-8H2,1-3H3. The average molecular weight is 279 g/mol. The summed E-state index contributed by atoms with van der Waals surface area (Å²) in [6.07, 6.45) is 0. The third kappa shape index (κ3) is 2.66. The summed E-state index contributed by atoms with van der Waals surface area (Å²) >= 11 is 0. The van der Waals surface area contributed by atoms with E-state index in [9.17, 15) is 14.0 Å². The summed E-state index contributed by atoms with van der Waals surface area (Å²) in [4.78, 5) is 25.6. The minimum atomic E-state index is -0.330. The van der Waals surface area contributed by atoms with Gasteiger partial charge in [0.25, 0.3) is 5.91 Å². The normalized spacial score (nSPS) is 21.9. The van der Waals surface area contributed by atoms with Gasteiger partial charge in [-0.3, -0.25) is 9.59 Å². The van der Waals surface area contributed by atoms with Crippen LogP contribution in [-0.2, 0) is 9.53 Å². The minimum absolute atomic E-state index is 0.0629. The zero-order valence-corrected chi connectivity index (χ0v) is 11.9. The Morgan fingerprint density at radius 3 is 2.65 bits per heavy atom. The Labute approximate surface area is 117 Å². The molecule has 1 heterocycles. The zero-order chi connectivity index (χ0) is 14.9. The van der Waals surface area contributed by atoms with Crippen LogP contribution in [0.15, 0.2) is 18.2 Å². The molecule has 1 aromatic rings. The second-order valence-electron chi connectivity index (χ2n) is 5.28. The van der Waals surface area contributed by atoms with Crippen molar-refractivity contribution in [2.24, 2.45) is 11.8 Å². The van der Waals surface area contributed by atoms with Crippen LogP contribution in [0.5, 0.6) is 0 Å². The Kier molecular flexibility index (Phi) is 4.06. The number of carbonyl (C=O) groups excluding carboxylic acids is 2. The third-order valence-electron chi connectivity index (χ3n) is 3.81.